The van der Waals surface area contributed by atoms with Crippen LogP contribution in [0.3, 0.4) is 0 Å². The second kappa shape index (κ2) is 14.0. The molecule has 56 heavy (non-hydrogen) atoms. The minimum atomic E-state index is 0.504. The Labute approximate surface area is 323 Å². The fraction of sp³-hybridized carbons (Fsp3) is 0. The van der Waals surface area contributed by atoms with E-state index in [9.17, 15) is 0 Å². The zero-order valence-electron chi connectivity index (χ0n) is 30.4. The summed E-state index contributed by atoms with van der Waals surface area (Å²) in [6.07, 6.45) is 0. The molecule has 0 bridgehead atoms. The van der Waals surface area contributed by atoms with Crippen molar-refractivity contribution in [2.24, 2.45) is 15.0 Å². The van der Waals surface area contributed by atoms with Gasteiger partial charge in [0.2, 0.25) is 0 Å². The van der Waals surface area contributed by atoms with E-state index in [4.69, 9.17) is 14.4 Å². The monoisotopic (exact) mass is 718 g/mol. The largest absolute Gasteiger partial charge is 0.456 e. The summed E-state index contributed by atoms with van der Waals surface area (Å²) in [6, 6.07) is 66.9. The predicted octanol–water partition coefficient (Wildman–Crippen LogP) is 13.2. The Bertz CT molecular complexity index is 3120. The number of fused-ring (bicyclic) bond motifs is 7. The smallest absolute Gasteiger partial charge is 0.162 e. The van der Waals surface area contributed by atoms with E-state index < -0.39 is 0 Å². The molecule has 0 aliphatic heterocycles. The predicted molar refractivity (Wildman–Crippen MR) is 234 cm³/mol. The van der Waals surface area contributed by atoms with Gasteiger partial charge in [0, 0.05) is 33.0 Å². The highest BCUT2D eigenvalue weighted by Gasteiger charge is 2.20. The van der Waals surface area contributed by atoms with Gasteiger partial charge < -0.3 is 8.98 Å². The van der Waals surface area contributed by atoms with Crippen LogP contribution in [-0.2, 0) is 0 Å². The van der Waals surface area contributed by atoms with Crippen LogP contribution in [0.5, 0.6) is 0 Å². The van der Waals surface area contributed by atoms with Crippen molar-refractivity contribution in [2.45, 2.75) is 0 Å². The summed E-state index contributed by atoms with van der Waals surface area (Å²) >= 11 is 0. The van der Waals surface area contributed by atoms with Crippen LogP contribution in [0.15, 0.2) is 214 Å². The van der Waals surface area contributed by atoms with Crippen molar-refractivity contribution < 1.29 is 4.42 Å². The lowest BCUT2D eigenvalue weighted by molar-refractivity contribution is 0.669. The third-order valence-electron chi connectivity index (χ3n) is 10.3. The van der Waals surface area contributed by atoms with Gasteiger partial charge in [-0.2, -0.15) is 0 Å². The van der Waals surface area contributed by atoms with Gasteiger partial charge in [0.15, 0.2) is 11.7 Å². The van der Waals surface area contributed by atoms with Gasteiger partial charge in [-0.25, -0.2) is 15.0 Å². The van der Waals surface area contributed by atoms with Crippen LogP contribution in [0.4, 0.5) is 5.69 Å². The number of hydrogen-bond donors (Lipinski definition) is 0. The molecule has 0 saturated heterocycles. The lowest BCUT2D eigenvalue weighted by Gasteiger charge is -2.11. The second-order valence-corrected chi connectivity index (χ2v) is 13.7. The van der Waals surface area contributed by atoms with Crippen molar-refractivity contribution >= 4 is 67.8 Å². The maximum Gasteiger partial charge on any atom is 0.162 e. The van der Waals surface area contributed by atoms with E-state index in [1.165, 1.54) is 22.1 Å². The summed E-state index contributed by atoms with van der Waals surface area (Å²) in [5.74, 6) is 1.04. The highest BCUT2D eigenvalue weighted by atomic mass is 16.3. The highest BCUT2D eigenvalue weighted by Crippen LogP contribution is 2.42. The Morgan fingerprint density at radius 3 is 1.79 bits per heavy atom. The van der Waals surface area contributed by atoms with Crippen molar-refractivity contribution in [3.63, 3.8) is 0 Å². The Morgan fingerprint density at radius 1 is 0.464 bits per heavy atom. The quantitative estimate of drug-likeness (QED) is 0.125. The van der Waals surface area contributed by atoms with E-state index in [0.29, 0.717) is 11.7 Å². The van der Waals surface area contributed by atoms with Crippen molar-refractivity contribution in [3.05, 3.63) is 205 Å². The molecule has 0 aliphatic carbocycles. The third kappa shape index (κ3) is 5.88. The zero-order chi connectivity index (χ0) is 37.4. The number of para-hydroxylation sites is 1. The summed E-state index contributed by atoms with van der Waals surface area (Å²) < 4.78 is 8.91. The number of amidine groups is 2. The molecule has 10 rings (SSSR count). The summed E-state index contributed by atoms with van der Waals surface area (Å²) in [5, 5.41) is 4.35. The summed E-state index contributed by atoms with van der Waals surface area (Å²) in [7, 11) is 0. The second-order valence-electron chi connectivity index (χ2n) is 13.7. The average Bonchev–Trinajstić information content (AvgIpc) is 3.81. The van der Waals surface area contributed by atoms with Crippen LogP contribution >= 0.6 is 0 Å². The van der Waals surface area contributed by atoms with Crippen LogP contribution in [0.2, 0.25) is 0 Å². The van der Waals surface area contributed by atoms with Gasteiger partial charge in [-0.05, 0) is 83.6 Å². The van der Waals surface area contributed by atoms with E-state index in [2.05, 4.69) is 138 Å². The summed E-state index contributed by atoms with van der Waals surface area (Å²) in [5.41, 5.74) is 12.1. The van der Waals surface area contributed by atoms with E-state index >= 15 is 0 Å². The Kier molecular flexibility index (Phi) is 8.23. The molecule has 0 atom stereocenters. The maximum atomic E-state index is 6.54. The molecule has 5 nitrogen and oxygen atoms in total. The number of nitrogens with zero attached hydrogens (tertiary/aromatic N) is 4. The molecule has 0 saturated carbocycles. The minimum absolute atomic E-state index is 0.504. The first kappa shape index (κ1) is 33.0. The van der Waals surface area contributed by atoms with E-state index in [1.54, 1.807) is 0 Å². The number of rotatable bonds is 6. The fourth-order valence-electron chi connectivity index (χ4n) is 7.70. The first-order valence-electron chi connectivity index (χ1n) is 18.6. The first-order valence-corrected chi connectivity index (χ1v) is 18.6. The molecule has 0 radical (unpaired) electrons. The summed E-state index contributed by atoms with van der Waals surface area (Å²) in [6.45, 7) is 3.82. The maximum absolute atomic E-state index is 6.54. The van der Waals surface area contributed by atoms with Gasteiger partial charge in [0.1, 0.15) is 11.2 Å². The van der Waals surface area contributed by atoms with Crippen molar-refractivity contribution in [2.75, 3.05) is 0 Å². The molecule has 264 valence electrons. The minimum Gasteiger partial charge on any atom is -0.456 e. The number of hydrogen-bond acceptors (Lipinski definition) is 2. The molecule has 8 aromatic carbocycles. The fourth-order valence-corrected chi connectivity index (χ4v) is 7.70. The van der Waals surface area contributed by atoms with Crippen molar-refractivity contribution in [1.29, 1.82) is 0 Å². The molecule has 0 aliphatic rings. The number of furan rings is 1. The molecule has 0 spiro atoms. The number of benzene rings is 8. The van der Waals surface area contributed by atoms with E-state index in [1.807, 2.05) is 72.8 Å². The lowest BCUT2D eigenvalue weighted by Crippen LogP contribution is -2.04. The van der Waals surface area contributed by atoms with Crippen molar-refractivity contribution in [3.8, 4) is 27.9 Å². The van der Waals surface area contributed by atoms with Crippen LogP contribution in [0.1, 0.15) is 11.1 Å². The van der Waals surface area contributed by atoms with E-state index in [-0.39, 0.29) is 0 Å². The van der Waals surface area contributed by atoms with Crippen LogP contribution in [0.25, 0.3) is 71.7 Å². The zero-order valence-corrected chi connectivity index (χ0v) is 30.4. The topological polar surface area (TPSA) is 55.1 Å². The number of aliphatic imine (C=N–C) groups is 3. The third-order valence-corrected chi connectivity index (χ3v) is 10.3. The van der Waals surface area contributed by atoms with Gasteiger partial charge in [-0.1, -0.05) is 140 Å². The molecule has 0 amide bonds. The van der Waals surface area contributed by atoms with Crippen LogP contribution in [0, 0.1) is 0 Å². The molecule has 0 fully saturated rings. The molecule has 0 unspecified atom stereocenters. The first-order chi connectivity index (χ1) is 27.7. The molecule has 5 heteroatoms. The Morgan fingerprint density at radius 2 is 1.07 bits per heavy atom. The molecule has 0 N–H and O–H groups in total. The van der Waals surface area contributed by atoms with Crippen molar-refractivity contribution in [1.82, 2.24) is 4.57 Å². The van der Waals surface area contributed by atoms with Gasteiger partial charge in [0.25, 0.3) is 0 Å². The molecular weight excluding hydrogens is 685 g/mol. The van der Waals surface area contributed by atoms with Crippen LogP contribution < -0.4 is 0 Å². The van der Waals surface area contributed by atoms with Gasteiger partial charge >= 0.3 is 0 Å². The molecule has 2 aromatic heterocycles. The van der Waals surface area contributed by atoms with Crippen LogP contribution in [-0.4, -0.2) is 23.0 Å². The SMILES string of the molecule is C=NC(=NC(=Nc1ccc2oc3ccc4c5ccccc5n(-c5ccc(-c6cccc(-c7ccccc7)c6)cc5)c4c3c2c1)c1ccccc1)c1ccccc1. The molecular formula is C51H34N4O. The number of aromatic nitrogens is 1. The Hall–Kier alpha value is -7.63. The lowest BCUT2D eigenvalue weighted by atomic mass is 9.99. The summed E-state index contributed by atoms with van der Waals surface area (Å²) in [4.78, 5) is 14.4. The molecule has 2 heterocycles. The average molecular weight is 719 g/mol. The Balaban J connectivity index is 1.14. The van der Waals surface area contributed by atoms with Gasteiger partial charge in [-0.15, -0.1) is 0 Å². The standard InChI is InChI=1S/C51H34N4O/c1-52-50(36-16-7-3-8-17-36)54-51(37-18-9-4-10-19-37)53-40-26-30-46-44(33-40)48-47(56-46)31-29-43-42-22-11-12-23-45(42)55(49(43)48)41-27-24-35(25-28-41)39-21-13-20-38(32-39)34-14-5-2-6-15-34/h2-33H,1H2. The molecule has 10 aromatic rings. The normalized spacial score (nSPS) is 12.2. The van der Waals surface area contributed by atoms with Gasteiger partial charge in [-0.3, -0.25) is 0 Å². The highest BCUT2D eigenvalue weighted by molar-refractivity contribution is 6.25. The van der Waals surface area contributed by atoms with E-state index in [0.717, 1.165) is 66.4 Å². The van der Waals surface area contributed by atoms with Gasteiger partial charge in [0.05, 0.1) is 22.1 Å².